The molecule has 1 amide bonds. The van der Waals surface area contributed by atoms with Gasteiger partial charge in [-0.25, -0.2) is 4.39 Å². The molecule has 1 aromatic heterocycles. The number of fused-ring (bicyclic) bond motifs is 1. The van der Waals surface area contributed by atoms with E-state index in [4.69, 9.17) is 0 Å². The van der Waals surface area contributed by atoms with E-state index < -0.39 is 11.9 Å². The van der Waals surface area contributed by atoms with Crippen molar-refractivity contribution in [3.05, 3.63) is 52.6 Å². The number of nitrogens with zero attached hydrogens (tertiary/aromatic N) is 1. The average Bonchev–Trinajstić information content (AvgIpc) is 2.97. The minimum atomic E-state index is -1.10. The topological polar surface area (TPSA) is 90.0 Å². The molecule has 1 unspecified atom stereocenters. The first-order valence-corrected chi connectivity index (χ1v) is 7.14. The molecule has 0 aliphatic carbocycles. The van der Waals surface area contributed by atoms with Gasteiger partial charge in [0.05, 0.1) is 6.10 Å². The van der Waals surface area contributed by atoms with Gasteiger partial charge < -0.3 is 15.7 Å². The zero-order valence-electron chi connectivity index (χ0n) is 11.9. The summed E-state index contributed by atoms with van der Waals surface area (Å²) < 4.78 is 13.6. The number of carbonyl (C=O) groups is 1. The lowest BCUT2D eigenvalue weighted by Gasteiger charge is -2.14. The Morgan fingerprint density at radius 1 is 1.45 bits per heavy atom. The number of amides is 1. The van der Waals surface area contributed by atoms with Gasteiger partial charge in [0.1, 0.15) is 5.82 Å². The predicted octanol–water partition coefficient (Wildman–Crippen LogP) is 0.658. The van der Waals surface area contributed by atoms with E-state index in [0.717, 1.165) is 24.2 Å². The Bertz CT molecular complexity index is 686. The Morgan fingerprint density at radius 2 is 2.27 bits per heavy atom. The third kappa shape index (κ3) is 2.86. The lowest BCUT2D eigenvalue weighted by atomic mass is 10.1. The molecule has 2 heterocycles. The summed E-state index contributed by atoms with van der Waals surface area (Å²) in [5.74, 6) is -0.873. The Kier molecular flexibility index (Phi) is 4.17. The lowest BCUT2D eigenvalue weighted by Crippen LogP contribution is -2.31. The SMILES string of the molecule is O=C(NCC(O)c1ccccc1F)c1n[nH]c2c1CNCC2. The van der Waals surface area contributed by atoms with Crippen molar-refractivity contribution in [2.24, 2.45) is 0 Å². The zero-order valence-corrected chi connectivity index (χ0v) is 11.9. The van der Waals surface area contributed by atoms with Gasteiger partial charge >= 0.3 is 0 Å². The van der Waals surface area contributed by atoms with Crippen LogP contribution in [0.1, 0.15) is 33.4 Å². The van der Waals surface area contributed by atoms with Crippen molar-refractivity contribution in [1.82, 2.24) is 20.8 Å². The molecule has 1 aliphatic rings. The molecule has 0 spiro atoms. The summed E-state index contributed by atoms with van der Waals surface area (Å²) in [6.45, 7) is 1.36. The van der Waals surface area contributed by atoms with Crippen LogP contribution in [0.4, 0.5) is 4.39 Å². The van der Waals surface area contributed by atoms with Crippen LogP contribution < -0.4 is 10.6 Å². The van der Waals surface area contributed by atoms with Gasteiger partial charge in [0, 0.05) is 42.9 Å². The maximum absolute atomic E-state index is 13.6. The largest absolute Gasteiger partial charge is 0.386 e. The molecular formula is C15H17FN4O2. The summed E-state index contributed by atoms with van der Waals surface area (Å²) in [5.41, 5.74) is 2.29. The molecule has 0 saturated heterocycles. The number of aliphatic hydroxyl groups is 1. The molecule has 1 aliphatic heterocycles. The fraction of sp³-hybridized carbons (Fsp3) is 0.333. The average molecular weight is 304 g/mol. The van der Waals surface area contributed by atoms with Gasteiger partial charge in [-0.2, -0.15) is 5.10 Å². The molecule has 22 heavy (non-hydrogen) atoms. The molecule has 2 aromatic rings. The van der Waals surface area contributed by atoms with Crippen LogP contribution >= 0.6 is 0 Å². The standard InChI is InChI=1S/C15H17FN4O2/c16-11-4-2-1-3-9(11)13(21)8-18-15(22)14-10-7-17-6-5-12(10)19-20-14/h1-4,13,17,21H,5-8H2,(H,18,22)(H,19,20). The van der Waals surface area contributed by atoms with Gasteiger partial charge in [0.25, 0.3) is 5.91 Å². The summed E-state index contributed by atoms with van der Waals surface area (Å²) >= 11 is 0. The molecule has 0 fully saturated rings. The second-order valence-electron chi connectivity index (χ2n) is 5.20. The Hall–Kier alpha value is -2.25. The number of hydrogen-bond acceptors (Lipinski definition) is 4. The van der Waals surface area contributed by atoms with Gasteiger partial charge in [-0.1, -0.05) is 18.2 Å². The van der Waals surface area contributed by atoms with Gasteiger partial charge in [0.15, 0.2) is 5.69 Å². The number of aromatic amines is 1. The van der Waals surface area contributed by atoms with E-state index in [1.54, 1.807) is 12.1 Å². The van der Waals surface area contributed by atoms with Crippen LogP contribution in [-0.2, 0) is 13.0 Å². The van der Waals surface area contributed by atoms with E-state index in [1.807, 2.05) is 0 Å². The minimum absolute atomic E-state index is 0.0746. The highest BCUT2D eigenvalue weighted by Crippen LogP contribution is 2.17. The van der Waals surface area contributed by atoms with Crippen LogP contribution in [0.2, 0.25) is 0 Å². The summed E-state index contributed by atoms with van der Waals surface area (Å²) in [6, 6.07) is 5.95. The smallest absolute Gasteiger partial charge is 0.272 e. The number of halogens is 1. The summed E-state index contributed by atoms with van der Waals surface area (Å²) in [4.78, 5) is 12.2. The molecule has 0 saturated carbocycles. The van der Waals surface area contributed by atoms with Crippen LogP contribution in [0.25, 0.3) is 0 Å². The number of H-pyrrole nitrogens is 1. The van der Waals surface area contributed by atoms with E-state index >= 15 is 0 Å². The minimum Gasteiger partial charge on any atom is -0.386 e. The van der Waals surface area contributed by atoms with Crippen LogP contribution in [0.3, 0.4) is 0 Å². The Balaban J connectivity index is 1.65. The fourth-order valence-electron chi connectivity index (χ4n) is 2.54. The van der Waals surface area contributed by atoms with Crippen molar-refractivity contribution in [3.63, 3.8) is 0 Å². The summed E-state index contributed by atoms with van der Waals surface area (Å²) in [5, 5.41) is 22.7. The number of hydrogen-bond donors (Lipinski definition) is 4. The molecule has 1 aromatic carbocycles. The predicted molar refractivity (Wildman–Crippen MR) is 77.7 cm³/mol. The van der Waals surface area contributed by atoms with Crippen molar-refractivity contribution in [1.29, 1.82) is 0 Å². The van der Waals surface area contributed by atoms with Crippen molar-refractivity contribution < 1.29 is 14.3 Å². The summed E-state index contributed by atoms with van der Waals surface area (Å²) in [6.07, 6.45) is -0.300. The van der Waals surface area contributed by atoms with Crippen LogP contribution in [0.15, 0.2) is 24.3 Å². The molecule has 7 heteroatoms. The second kappa shape index (κ2) is 6.25. The van der Waals surface area contributed by atoms with Crippen LogP contribution in [0.5, 0.6) is 0 Å². The number of aromatic nitrogens is 2. The van der Waals surface area contributed by atoms with Crippen molar-refractivity contribution >= 4 is 5.91 Å². The van der Waals surface area contributed by atoms with E-state index in [2.05, 4.69) is 20.8 Å². The highest BCUT2D eigenvalue weighted by Gasteiger charge is 2.22. The first-order chi connectivity index (χ1) is 10.7. The fourth-order valence-corrected chi connectivity index (χ4v) is 2.54. The van der Waals surface area contributed by atoms with Crippen molar-refractivity contribution in [2.75, 3.05) is 13.1 Å². The van der Waals surface area contributed by atoms with Crippen molar-refractivity contribution in [3.8, 4) is 0 Å². The number of rotatable bonds is 4. The molecule has 116 valence electrons. The normalized spacial score (nSPS) is 15.2. The third-order valence-electron chi connectivity index (χ3n) is 3.74. The Labute approximate surface area is 126 Å². The second-order valence-corrected chi connectivity index (χ2v) is 5.20. The first-order valence-electron chi connectivity index (χ1n) is 7.14. The zero-order chi connectivity index (χ0) is 15.5. The van der Waals surface area contributed by atoms with Gasteiger partial charge in [0.2, 0.25) is 0 Å². The Morgan fingerprint density at radius 3 is 3.09 bits per heavy atom. The van der Waals surface area contributed by atoms with E-state index in [9.17, 15) is 14.3 Å². The number of benzene rings is 1. The molecule has 0 bridgehead atoms. The molecule has 6 nitrogen and oxygen atoms in total. The van der Waals surface area contributed by atoms with Crippen LogP contribution in [0, 0.1) is 5.82 Å². The molecule has 3 rings (SSSR count). The molecule has 1 atom stereocenters. The van der Waals surface area contributed by atoms with Crippen LogP contribution in [-0.4, -0.2) is 34.3 Å². The quantitative estimate of drug-likeness (QED) is 0.668. The van der Waals surface area contributed by atoms with Gasteiger partial charge in [-0.15, -0.1) is 0 Å². The van der Waals surface area contributed by atoms with Gasteiger partial charge in [-0.3, -0.25) is 9.89 Å². The maximum Gasteiger partial charge on any atom is 0.272 e. The monoisotopic (exact) mass is 304 g/mol. The maximum atomic E-state index is 13.6. The first kappa shape index (κ1) is 14.7. The lowest BCUT2D eigenvalue weighted by molar-refractivity contribution is 0.0908. The number of aliphatic hydroxyl groups excluding tert-OH is 1. The number of carbonyl (C=O) groups excluding carboxylic acids is 1. The molecular weight excluding hydrogens is 287 g/mol. The number of nitrogens with one attached hydrogen (secondary N) is 3. The van der Waals surface area contributed by atoms with E-state index in [-0.39, 0.29) is 18.0 Å². The highest BCUT2D eigenvalue weighted by molar-refractivity contribution is 5.94. The van der Waals surface area contributed by atoms with Gasteiger partial charge in [-0.05, 0) is 6.07 Å². The van der Waals surface area contributed by atoms with Crippen molar-refractivity contribution in [2.45, 2.75) is 19.1 Å². The van der Waals surface area contributed by atoms with E-state index in [0.29, 0.717) is 12.2 Å². The van der Waals surface area contributed by atoms with E-state index in [1.165, 1.54) is 12.1 Å². The molecule has 0 radical (unpaired) electrons. The third-order valence-corrected chi connectivity index (χ3v) is 3.74. The molecule has 4 N–H and O–H groups in total. The summed E-state index contributed by atoms with van der Waals surface area (Å²) in [7, 11) is 0. The highest BCUT2D eigenvalue weighted by atomic mass is 19.1.